The van der Waals surface area contributed by atoms with Gasteiger partial charge in [-0.05, 0) is 5.56 Å². The molecule has 0 saturated carbocycles. The van der Waals surface area contributed by atoms with Crippen LogP contribution in [0.2, 0.25) is 0 Å². The molecular weight excluding hydrogens is 198 g/mol. The number of amides is 1. The maximum Gasteiger partial charge on any atom is 0.506 e. The molecule has 0 spiro atoms. The van der Waals surface area contributed by atoms with Crippen LogP contribution in [0.4, 0.5) is 4.79 Å². The van der Waals surface area contributed by atoms with Gasteiger partial charge in [-0.3, -0.25) is 4.79 Å². The molecule has 0 aliphatic rings. The van der Waals surface area contributed by atoms with Crippen molar-refractivity contribution in [2.45, 2.75) is 6.54 Å². The lowest BCUT2D eigenvalue weighted by Crippen LogP contribution is -2.27. The summed E-state index contributed by atoms with van der Waals surface area (Å²) in [4.78, 5) is 21.0. The summed E-state index contributed by atoms with van der Waals surface area (Å²) >= 11 is 0. The third-order valence-electron chi connectivity index (χ3n) is 1.66. The quantitative estimate of drug-likeness (QED) is 0.725. The Morgan fingerprint density at radius 2 is 1.93 bits per heavy atom. The van der Waals surface area contributed by atoms with Crippen molar-refractivity contribution in [1.82, 2.24) is 5.32 Å². The van der Waals surface area contributed by atoms with Gasteiger partial charge in [-0.2, -0.15) is 0 Å². The molecule has 0 aliphatic carbocycles. The van der Waals surface area contributed by atoms with Crippen molar-refractivity contribution >= 4 is 12.1 Å². The standard InChI is InChI=1S/C10H11NO4/c12-9(7-15-10(13)14)11-6-8-4-2-1-3-5-8/h1-5H,6-7H2,(H,11,12)(H,13,14). The molecule has 1 aromatic rings. The first kappa shape index (κ1) is 11.0. The minimum atomic E-state index is -1.45. The first-order valence-electron chi connectivity index (χ1n) is 4.35. The average Bonchev–Trinajstić information content (AvgIpc) is 2.25. The van der Waals surface area contributed by atoms with Crippen LogP contribution in [-0.2, 0) is 16.1 Å². The molecule has 0 bridgehead atoms. The summed E-state index contributed by atoms with van der Waals surface area (Å²) in [5.41, 5.74) is 0.946. The van der Waals surface area contributed by atoms with Gasteiger partial charge in [0.1, 0.15) is 0 Å². The van der Waals surface area contributed by atoms with Crippen molar-refractivity contribution in [3.63, 3.8) is 0 Å². The number of rotatable bonds is 4. The van der Waals surface area contributed by atoms with Crippen molar-refractivity contribution in [3.05, 3.63) is 35.9 Å². The Kier molecular flexibility index (Phi) is 4.15. The molecule has 0 saturated heterocycles. The van der Waals surface area contributed by atoms with Crippen molar-refractivity contribution in [3.8, 4) is 0 Å². The lowest BCUT2D eigenvalue weighted by molar-refractivity contribution is -0.124. The number of hydrogen-bond acceptors (Lipinski definition) is 3. The summed E-state index contributed by atoms with van der Waals surface area (Å²) in [7, 11) is 0. The number of hydrogen-bond donors (Lipinski definition) is 2. The molecule has 0 unspecified atom stereocenters. The molecule has 0 aliphatic heterocycles. The van der Waals surface area contributed by atoms with E-state index < -0.39 is 18.7 Å². The van der Waals surface area contributed by atoms with Gasteiger partial charge in [-0.15, -0.1) is 0 Å². The third-order valence-corrected chi connectivity index (χ3v) is 1.66. The summed E-state index contributed by atoms with van der Waals surface area (Å²) in [6.07, 6.45) is -1.45. The van der Waals surface area contributed by atoms with Gasteiger partial charge in [-0.25, -0.2) is 4.79 Å². The number of carbonyl (C=O) groups excluding carboxylic acids is 1. The molecule has 1 rings (SSSR count). The van der Waals surface area contributed by atoms with E-state index in [9.17, 15) is 9.59 Å². The fraction of sp³-hybridized carbons (Fsp3) is 0.200. The molecule has 0 fully saturated rings. The molecular formula is C10H11NO4. The Labute approximate surface area is 86.7 Å². The largest absolute Gasteiger partial charge is 0.506 e. The van der Waals surface area contributed by atoms with Gasteiger partial charge in [0.2, 0.25) is 0 Å². The highest BCUT2D eigenvalue weighted by Gasteiger charge is 2.04. The van der Waals surface area contributed by atoms with Crippen LogP contribution in [0.5, 0.6) is 0 Å². The first-order valence-corrected chi connectivity index (χ1v) is 4.35. The van der Waals surface area contributed by atoms with Crippen LogP contribution in [0, 0.1) is 0 Å². The molecule has 0 radical (unpaired) electrons. The molecule has 80 valence electrons. The molecule has 5 nitrogen and oxygen atoms in total. The Morgan fingerprint density at radius 1 is 1.27 bits per heavy atom. The van der Waals surface area contributed by atoms with Crippen LogP contribution in [0.25, 0.3) is 0 Å². The number of carboxylic acid groups (broad SMARTS) is 1. The zero-order chi connectivity index (χ0) is 11.1. The second-order valence-corrected chi connectivity index (χ2v) is 2.82. The molecule has 1 amide bonds. The summed E-state index contributed by atoms with van der Waals surface area (Å²) < 4.78 is 4.10. The second kappa shape index (κ2) is 5.64. The highest BCUT2D eigenvalue weighted by Crippen LogP contribution is 1.96. The lowest BCUT2D eigenvalue weighted by atomic mass is 10.2. The Balaban J connectivity index is 2.26. The van der Waals surface area contributed by atoms with E-state index in [-0.39, 0.29) is 0 Å². The zero-order valence-electron chi connectivity index (χ0n) is 7.97. The normalized spacial score (nSPS) is 9.33. The van der Waals surface area contributed by atoms with Crippen molar-refractivity contribution in [2.24, 2.45) is 0 Å². The van der Waals surface area contributed by atoms with E-state index in [1.807, 2.05) is 30.3 Å². The summed E-state index contributed by atoms with van der Waals surface area (Å²) in [5.74, 6) is -0.457. The number of carbonyl (C=O) groups is 2. The van der Waals surface area contributed by atoms with Crippen LogP contribution in [0.3, 0.4) is 0 Å². The van der Waals surface area contributed by atoms with Crippen LogP contribution in [0.1, 0.15) is 5.56 Å². The van der Waals surface area contributed by atoms with Crippen LogP contribution in [-0.4, -0.2) is 23.8 Å². The summed E-state index contributed by atoms with van der Waals surface area (Å²) in [6, 6.07) is 9.31. The van der Waals surface area contributed by atoms with Gasteiger partial charge >= 0.3 is 6.16 Å². The molecule has 5 heteroatoms. The number of nitrogens with one attached hydrogen (secondary N) is 1. The van der Waals surface area contributed by atoms with Gasteiger partial charge in [0.15, 0.2) is 6.61 Å². The first-order chi connectivity index (χ1) is 7.18. The van der Waals surface area contributed by atoms with Crippen molar-refractivity contribution < 1.29 is 19.4 Å². The summed E-state index contributed by atoms with van der Waals surface area (Å²) in [5, 5.41) is 10.7. The van der Waals surface area contributed by atoms with Crippen molar-refractivity contribution in [1.29, 1.82) is 0 Å². The van der Waals surface area contributed by atoms with Gasteiger partial charge < -0.3 is 15.2 Å². The highest BCUT2D eigenvalue weighted by molar-refractivity contribution is 5.78. The minimum absolute atomic E-state index is 0.364. The fourth-order valence-electron chi connectivity index (χ4n) is 0.975. The van der Waals surface area contributed by atoms with Crippen LogP contribution >= 0.6 is 0 Å². The van der Waals surface area contributed by atoms with Gasteiger partial charge in [0.25, 0.3) is 5.91 Å². The highest BCUT2D eigenvalue weighted by atomic mass is 16.7. The molecule has 0 aromatic heterocycles. The molecule has 2 N–H and O–H groups in total. The monoisotopic (exact) mass is 209 g/mol. The smallest absolute Gasteiger partial charge is 0.450 e. The van der Waals surface area contributed by atoms with E-state index in [0.717, 1.165) is 5.56 Å². The third kappa shape index (κ3) is 4.66. The average molecular weight is 209 g/mol. The fourth-order valence-corrected chi connectivity index (χ4v) is 0.975. The predicted molar refractivity (Wildman–Crippen MR) is 52.3 cm³/mol. The molecule has 15 heavy (non-hydrogen) atoms. The van der Waals surface area contributed by atoms with E-state index in [4.69, 9.17) is 5.11 Å². The predicted octanol–water partition coefficient (Wildman–Crippen LogP) is 0.997. The molecule has 1 aromatic carbocycles. The number of ether oxygens (including phenoxy) is 1. The Morgan fingerprint density at radius 3 is 2.53 bits per heavy atom. The second-order valence-electron chi connectivity index (χ2n) is 2.82. The van der Waals surface area contributed by atoms with Gasteiger partial charge in [0.05, 0.1) is 0 Å². The maximum absolute atomic E-state index is 11.0. The van der Waals surface area contributed by atoms with Crippen molar-refractivity contribution in [2.75, 3.05) is 6.61 Å². The van der Waals surface area contributed by atoms with Crippen LogP contribution < -0.4 is 5.32 Å². The molecule has 0 heterocycles. The maximum atomic E-state index is 11.0. The van der Waals surface area contributed by atoms with E-state index in [0.29, 0.717) is 6.54 Å². The van der Waals surface area contributed by atoms with E-state index in [1.165, 1.54) is 0 Å². The van der Waals surface area contributed by atoms with Crippen LogP contribution in [0.15, 0.2) is 30.3 Å². The van der Waals surface area contributed by atoms with Gasteiger partial charge in [-0.1, -0.05) is 30.3 Å². The SMILES string of the molecule is O=C(COC(=O)O)NCc1ccccc1. The topological polar surface area (TPSA) is 75.6 Å². The lowest BCUT2D eigenvalue weighted by Gasteiger charge is -2.04. The van der Waals surface area contributed by atoms with Gasteiger partial charge in [0, 0.05) is 6.54 Å². The zero-order valence-corrected chi connectivity index (χ0v) is 7.97. The minimum Gasteiger partial charge on any atom is -0.450 e. The van der Waals surface area contributed by atoms with E-state index in [2.05, 4.69) is 10.1 Å². The Bertz CT molecular complexity index is 337. The van der Waals surface area contributed by atoms with E-state index >= 15 is 0 Å². The molecule has 0 atom stereocenters. The summed E-state index contributed by atoms with van der Waals surface area (Å²) in [6.45, 7) is -0.106. The Hall–Kier alpha value is -2.04. The number of benzene rings is 1. The van der Waals surface area contributed by atoms with E-state index in [1.54, 1.807) is 0 Å².